The number of nitrogens with one attached hydrogen (secondary N) is 2. The number of carbonyl (C=O) groups is 6. The topological polar surface area (TPSA) is 126 Å². The summed E-state index contributed by atoms with van der Waals surface area (Å²) in [6.07, 6.45) is 2.76. The number of imide groups is 2. The van der Waals surface area contributed by atoms with Gasteiger partial charge in [-0.25, -0.2) is 0 Å². The van der Waals surface area contributed by atoms with E-state index in [1.54, 1.807) is 24.3 Å². The highest BCUT2D eigenvalue weighted by atomic mass is 16.2. The van der Waals surface area contributed by atoms with Gasteiger partial charge in [-0.2, -0.15) is 0 Å². The summed E-state index contributed by atoms with van der Waals surface area (Å²) in [5, 5.41) is 4.70. The fourth-order valence-electron chi connectivity index (χ4n) is 5.99. The first-order valence-corrected chi connectivity index (χ1v) is 11.2. The Morgan fingerprint density at radius 3 is 1.16 bits per heavy atom. The van der Waals surface area contributed by atoms with Crippen molar-refractivity contribution in [3.05, 3.63) is 35.4 Å². The summed E-state index contributed by atoms with van der Waals surface area (Å²) in [5.41, 5.74) is 1.01. The fraction of sp³-hybridized carbons (Fsp3) is 0.500. The van der Waals surface area contributed by atoms with Crippen LogP contribution in [0.4, 0.5) is 0 Å². The first-order chi connectivity index (χ1) is 15.3. The lowest BCUT2D eigenvalue weighted by molar-refractivity contribution is -0.128. The molecular formula is C24H24N2O6. The third-order valence-electron chi connectivity index (χ3n) is 7.64. The van der Waals surface area contributed by atoms with Crippen LogP contribution in [0.25, 0.3) is 0 Å². The number of Topliss-reactive ketones (excluding diaryl/α,β-unsaturated/α-hetero) is 2. The Morgan fingerprint density at radius 1 is 0.594 bits per heavy atom. The number of hydrogen-bond acceptors (Lipinski definition) is 6. The molecule has 1 aromatic rings. The van der Waals surface area contributed by atoms with Gasteiger partial charge < -0.3 is 0 Å². The lowest BCUT2D eigenvalue weighted by Crippen LogP contribution is -2.24. The average molecular weight is 436 g/mol. The fourth-order valence-corrected chi connectivity index (χ4v) is 5.99. The number of fused-ring (bicyclic) bond motifs is 2. The van der Waals surface area contributed by atoms with Crippen LogP contribution in [0.5, 0.6) is 0 Å². The summed E-state index contributed by atoms with van der Waals surface area (Å²) in [7, 11) is 0. The van der Waals surface area contributed by atoms with Crippen molar-refractivity contribution in [2.24, 2.45) is 35.5 Å². The van der Waals surface area contributed by atoms with Crippen molar-refractivity contribution < 1.29 is 28.8 Å². The Labute approximate surface area is 184 Å². The molecule has 2 saturated heterocycles. The third kappa shape index (κ3) is 3.57. The highest BCUT2D eigenvalue weighted by Crippen LogP contribution is 2.42. The molecule has 2 heterocycles. The molecule has 166 valence electrons. The lowest BCUT2D eigenvalue weighted by atomic mass is 9.93. The molecule has 4 atom stereocenters. The maximum absolute atomic E-state index is 12.7. The second kappa shape index (κ2) is 7.76. The molecule has 2 N–H and O–H groups in total. The first kappa shape index (κ1) is 20.7. The van der Waals surface area contributed by atoms with E-state index in [2.05, 4.69) is 10.6 Å². The Bertz CT molecular complexity index is 918. The SMILES string of the molecule is O=C(CC1CC2C(=O)NC(=O)C2C1)c1ccc(C(=O)CC2CC3C(=O)NC(=O)C3C2)cc1. The molecule has 1 aromatic carbocycles. The normalized spacial score (nSPS) is 33.1. The van der Waals surface area contributed by atoms with Crippen molar-refractivity contribution in [2.75, 3.05) is 0 Å². The maximum atomic E-state index is 12.7. The Kier molecular flexibility index (Phi) is 5.03. The minimum Gasteiger partial charge on any atom is -0.296 e. The molecule has 8 nitrogen and oxygen atoms in total. The van der Waals surface area contributed by atoms with Crippen molar-refractivity contribution in [1.29, 1.82) is 0 Å². The number of hydrogen-bond donors (Lipinski definition) is 2. The van der Waals surface area contributed by atoms with Crippen LogP contribution in [0, 0.1) is 35.5 Å². The van der Waals surface area contributed by atoms with Crippen LogP contribution in [0.15, 0.2) is 24.3 Å². The lowest BCUT2D eigenvalue weighted by Gasteiger charge is -2.11. The minimum absolute atomic E-state index is 0.00976. The van der Waals surface area contributed by atoms with Gasteiger partial charge in [0.2, 0.25) is 23.6 Å². The van der Waals surface area contributed by atoms with E-state index >= 15 is 0 Å². The largest absolute Gasteiger partial charge is 0.296 e. The minimum atomic E-state index is -0.309. The summed E-state index contributed by atoms with van der Waals surface area (Å²) in [6.45, 7) is 0. The molecule has 4 fully saturated rings. The van der Waals surface area contributed by atoms with Crippen molar-refractivity contribution in [1.82, 2.24) is 10.6 Å². The molecule has 32 heavy (non-hydrogen) atoms. The van der Waals surface area contributed by atoms with Crippen LogP contribution in [-0.2, 0) is 19.2 Å². The number of rotatable bonds is 6. The molecule has 2 saturated carbocycles. The van der Waals surface area contributed by atoms with Gasteiger partial charge in [0.05, 0.1) is 23.7 Å². The first-order valence-electron chi connectivity index (χ1n) is 11.2. The predicted molar refractivity (Wildman–Crippen MR) is 110 cm³/mol. The van der Waals surface area contributed by atoms with Gasteiger partial charge in [0.25, 0.3) is 0 Å². The van der Waals surface area contributed by atoms with Gasteiger partial charge in [-0.15, -0.1) is 0 Å². The zero-order valence-corrected chi connectivity index (χ0v) is 17.5. The second-order valence-electron chi connectivity index (χ2n) is 9.64. The molecule has 4 amide bonds. The van der Waals surface area contributed by atoms with Gasteiger partial charge in [-0.05, 0) is 37.5 Å². The molecule has 0 spiro atoms. The number of benzene rings is 1. The van der Waals surface area contributed by atoms with E-state index in [1.165, 1.54) is 0 Å². The van der Waals surface area contributed by atoms with E-state index in [-0.39, 0.29) is 83.5 Å². The molecule has 0 bridgehead atoms. The highest BCUT2D eigenvalue weighted by Gasteiger charge is 2.49. The van der Waals surface area contributed by atoms with Crippen LogP contribution < -0.4 is 10.6 Å². The van der Waals surface area contributed by atoms with E-state index < -0.39 is 0 Å². The number of amides is 4. The maximum Gasteiger partial charge on any atom is 0.230 e. The van der Waals surface area contributed by atoms with Gasteiger partial charge >= 0.3 is 0 Å². The summed E-state index contributed by atoms with van der Waals surface area (Å²) >= 11 is 0. The quantitative estimate of drug-likeness (QED) is 0.513. The zero-order chi connectivity index (χ0) is 22.6. The Morgan fingerprint density at radius 2 is 0.875 bits per heavy atom. The van der Waals surface area contributed by atoms with Crippen molar-refractivity contribution >= 4 is 35.2 Å². The molecule has 2 aliphatic carbocycles. The molecule has 5 rings (SSSR count). The Balaban J connectivity index is 1.16. The number of ketones is 2. The molecular weight excluding hydrogens is 412 g/mol. The summed E-state index contributed by atoms with van der Waals surface area (Å²) in [5.74, 6) is -2.25. The monoisotopic (exact) mass is 436 g/mol. The summed E-state index contributed by atoms with van der Waals surface area (Å²) in [6, 6.07) is 6.57. The molecule has 0 aromatic heterocycles. The van der Waals surface area contributed by atoms with Gasteiger partial charge in [-0.1, -0.05) is 24.3 Å². The standard InChI is InChI=1S/C24H24N2O6/c27-19(9-11-5-15-16(6-11)22(30)25-21(15)29)13-1-2-14(4-3-13)20(28)10-12-7-17-18(8-12)24(32)26-23(17)31/h1-4,11-12,15-18H,5-10H2,(H,25,29,30)(H,26,31,32). The Hall–Kier alpha value is -3.16. The van der Waals surface area contributed by atoms with E-state index in [0.717, 1.165) is 0 Å². The van der Waals surface area contributed by atoms with Crippen molar-refractivity contribution in [3.8, 4) is 0 Å². The molecule has 4 aliphatic rings. The van der Waals surface area contributed by atoms with Gasteiger partial charge in [-0.3, -0.25) is 39.4 Å². The zero-order valence-electron chi connectivity index (χ0n) is 17.5. The van der Waals surface area contributed by atoms with Crippen molar-refractivity contribution in [2.45, 2.75) is 38.5 Å². The molecule has 0 radical (unpaired) electrons. The van der Waals surface area contributed by atoms with E-state index in [0.29, 0.717) is 36.8 Å². The summed E-state index contributed by atoms with van der Waals surface area (Å²) in [4.78, 5) is 72.5. The van der Waals surface area contributed by atoms with Crippen LogP contribution >= 0.6 is 0 Å². The van der Waals surface area contributed by atoms with Crippen LogP contribution in [-0.4, -0.2) is 35.2 Å². The molecule has 2 aliphatic heterocycles. The van der Waals surface area contributed by atoms with Gasteiger partial charge in [0.15, 0.2) is 11.6 Å². The van der Waals surface area contributed by atoms with E-state index in [4.69, 9.17) is 0 Å². The third-order valence-corrected chi connectivity index (χ3v) is 7.64. The van der Waals surface area contributed by atoms with Gasteiger partial charge in [0, 0.05) is 24.0 Å². The van der Waals surface area contributed by atoms with Crippen LogP contribution in [0.2, 0.25) is 0 Å². The van der Waals surface area contributed by atoms with Crippen LogP contribution in [0.1, 0.15) is 59.2 Å². The average Bonchev–Trinajstić information content (AvgIpc) is 3.48. The van der Waals surface area contributed by atoms with Crippen LogP contribution in [0.3, 0.4) is 0 Å². The van der Waals surface area contributed by atoms with E-state index in [1.807, 2.05) is 0 Å². The van der Waals surface area contributed by atoms with E-state index in [9.17, 15) is 28.8 Å². The predicted octanol–water partition coefficient (Wildman–Crippen LogP) is 1.43. The smallest absolute Gasteiger partial charge is 0.230 e. The summed E-state index contributed by atoms with van der Waals surface area (Å²) < 4.78 is 0. The second-order valence-corrected chi connectivity index (χ2v) is 9.64. The number of carbonyl (C=O) groups excluding carboxylic acids is 6. The van der Waals surface area contributed by atoms with Crippen molar-refractivity contribution in [3.63, 3.8) is 0 Å². The molecule has 4 unspecified atom stereocenters. The highest BCUT2D eigenvalue weighted by molar-refractivity contribution is 6.06. The van der Waals surface area contributed by atoms with Gasteiger partial charge in [0.1, 0.15) is 0 Å². The molecule has 8 heteroatoms.